The van der Waals surface area contributed by atoms with E-state index in [4.69, 9.17) is 28.9 Å². The molecule has 20 heavy (non-hydrogen) atoms. The maximum Gasteiger partial charge on any atom is 0.0651 e. The molecule has 0 aliphatic carbocycles. The number of rotatable bonds is 4. The lowest BCUT2D eigenvalue weighted by Crippen LogP contribution is -2.21. The van der Waals surface area contributed by atoms with Gasteiger partial charge < -0.3 is 11.1 Å². The number of hydrogen-bond acceptors (Lipinski definition) is 2. The quantitative estimate of drug-likeness (QED) is 0.775. The van der Waals surface area contributed by atoms with Crippen LogP contribution in [0.15, 0.2) is 40.9 Å². The third-order valence-electron chi connectivity index (χ3n) is 3.03. The Morgan fingerprint density at radius 2 is 1.95 bits per heavy atom. The standard InChI is InChI=1S/C15H15BrCl2N2/c1-9-2-5-12(16)14(6-9)20-15(8-19)11-4-3-10(17)7-13(11)18/h2-7,15,20H,8,19H2,1H3. The summed E-state index contributed by atoms with van der Waals surface area (Å²) in [7, 11) is 0. The van der Waals surface area contributed by atoms with Crippen molar-refractivity contribution in [3.05, 3.63) is 62.0 Å². The third-order valence-corrected chi connectivity index (χ3v) is 4.28. The Kier molecular flexibility index (Phi) is 5.33. The molecule has 0 amide bonds. The van der Waals surface area contributed by atoms with Crippen LogP contribution < -0.4 is 11.1 Å². The molecule has 0 bridgehead atoms. The number of nitrogens with two attached hydrogens (primary N) is 1. The van der Waals surface area contributed by atoms with E-state index in [1.807, 2.05) is 31.2 Å². The molecule has 1 unspecified atom stereocenters. The zero-order chi connectivity index (χ0) is 14.7. The van der Waals surface area contributed by atoms with Crippen LogP contribution in [-0.2, 0) is 0 Å². The number of hydrogen-bond donors (Lipinski definition) is 2. The average molecular weight is 374 g/mol. The average Bonchev–Trinajstić information content (AvgIpc) is 2.40. The van der Waals surface area contributed by atoms with Crippen LogP contribution >= 0.6 is 39.1 Å². The molecule has 106 valence electrons. The van der Waals surface area contributed by atoms with E-state index < -0.39 is 0 Å². The van der Waals surface area contributed by atoms with Crippen molar-refractivity contribution in [1.29, 1.82) is 0 Å². The lowest BCUT2D eigenvalue weighted by Gasteiger charge is -2.21. The predicted molar refractivity (Wildman–Crippen MR) is 90.8 cm³/mol. The Balaban J connectivity index is 2.31. The van der Waals surface area contributed by atoms with Gasteiger partial charge in [-0.25, -0.2) is 0 Å². The molecular weight excluding hydrogens is 359 g/mol. The summed E-state index contributed by atoms with van der Waals surface area (Å²) in [5, 5.41) is 4.65. The Morgan fingerprint density at radius 1 is 1.20 bits per heavy atom. The zero-order valence-corrected chi connectivity index (χ0v) is 14.1. The van der Waals surface area contributed by atoms with Crippen molar-refractivity contribution in [2.24, 2.45) is 5.73 Å². The van der Waals surface area contributed by atoms with Crippen LogP contribution in [0.25, 0.3) is 0 Å². The van der Waals surface area contributed by atoms with Gasteiger partial charge in [0.05, 0.1) is 6.04 Å². The van der Waals surface area contributed by atoms with Crippen molar-refractivity contribution in [3.63, 3.8) is 0 Å². The van der Waals surface area contributed by atoms with Gasteiger partial charge in [-0.05, 0) is 58.2 Å². The maximum atomic E-state index is 6.25. The molecule has 5 heteroatoms. The lowest BCUT2D eigenvalue weighted by molar-refractivity contribution is 0.789. The monoisotopic (exact) mass is 372 g/mol. The summed E-state index contributed by atoms with van der Waals surface area (Å²) >= 11 is 15.7. The predicted octanol–water partition coefficient (Wildman–Crippen LogP) is 5.18. The SMILES string of the molecule is Cc1ccc(Br)c(NC(CN)c2ccc(Cl)cc2Cl)c1. The van der Waals surface area contributed by atoms with Crippen LogP contribution in [0.2, 0.25) is 10.0 Å². The van der Waals surface area contributed by atoms with Gasteiger partial charge >= 0.3 is 0 Å². The van der Waals surface area contributed by atoms with E-state index in [1.54, 1.807) is 6.07 Å². The fraction of sp³-hybridized carbons (Fsp3) is 0.200. The van der Waals surface area contributed by atoms with E-state index in [9.17, 15) is 0 Å². The molecule has 2 aromatic carbocycles. The van der Waals surface area contributed by atoms with Crippen LogP contribution in [0, 0.1) is 6.92 Å². The minimum Gasteiger partial charge on any atom is -0.376 e. The largest absolute Gasteiger partial charge is 0.376 e. The molecule has 0 spiro atoms. The lowest BCUT2D eigenvalue weighted by atomic mass is 10.1. The topological polar surface area (TPSA) is 38.0 Å². The summed E-state index contributed by atoms with van der Waals surface area (Å²) in [5.74, 6) is 0. The first kappa shape index (κ1) is 15.6. The van der Waals surface area contributed by atoms with Gasteiger partial charge in [0.15, 0.2) is 0 Å². The van der Waals surface area contributed by atoms with Crippen LogP contribution in [-0.4, -0.2) is 6.54 Å². The highest BCUT2D eigenvalue weighted by molar-refractivity contribution is 9.10. The minimum absolute atomic E-state index is 0.0714. The third kappa shape index (κ3) is 3.67. The highest BCUT2D eigenvalue weighted by Gasteiger charge is 2.14. The maximum absolute atomic E-state index is 6.25. The second kappa shape index (κ2) is 6.81. The first-order valence-electron chi connectivity index (χ1n) is 6.19. The molecule has 0 saturated carbocycles. The summed E-state index contributed by atoms with van der Waals surface area (Å²) in [4.78, 5) is 0. The first-order chi connectivity index (χ1) is 9.51. The van der Waals surface area contributed by atoms with Gasteiger partial charge in [0.2, 0.25) is 0 Å². The molecule has 2 rings (SSSR count). The zero-order valence-electron chi connectivity index (χ0n) is 11.0. The number of nitrogens with one attached hydrogen (secondary N) is 1. The molecule has 0 radical (unpaired) electrons. The van der Waals surface area contributed by atoms with Crippen LogP contribution in [0.1, 0.15) is 17.2 Å². The molecule has 0 aromatic heterocycles. The summed E-state index contributed by atoms with van der Waals surface area (Å²) in [6.07, 6.45) is 0. The van der Waals surface area contributed by atoms with E-state index in [0.717, 1.165) is 15.7 Å². The number of aryl methyl sites for hydroxylation is 1. The summed E-state index contributed by atoms with van der Waals surface area (Å²) in [6, 6.07) is 11.5. The van der Waals surface area contributed by atoms with Gasteiger partial charge in [-0.3, -0.25) is 0 Å². The Morgan fingerprint density at radius 3 is 2.60 bits per heavy atom. The minimum atomic E-state index is -0.0714. The van der Waals surface area contributed by atoms with Crippen LogP contribution in [0.5, 0.6) is 0 Å². The van der Waals surface area contributed by atoms with Gasteiger partial charge in [-0.15, -0.1) is 0 Å². The fourth-order valence-corrected chi connectivity index (χ4v) is 2.89. The van der Waals surface area contributed by atoms with Gasteiger partial charge in [0.1, 0.15) is 0 Å². The van der Waals surface area contributed by atoms with E-state index in [0.29, 0.717) is 16.6 Å². The van der Waals surface area contributed by atoms with Crippen molar-refractivity contribution in [1.82, 2.24) is 0 Å². The van der Waals surface area contributed by atoms with Crippen molar-refractivity contribution >= 4 is 44.8 Å². The van der Waals surface area contributed by atoms with Gasteiger partial charge in [0, 0.05) is 26.8 Å². The van der Waals surface area contributed by atoms with Crippen molar-refractivity contribution in [2.75, 3.05) is 11.9 Å². The Labute approximate surface area is 137 Å². The van der Waals surface area contributed by atoms with Crippen molar-refractivity contribution < 1.29 is 0 Å². The summed E-state index contributed by atoms with van der Waals surface area (Å²) in [5.41, 5.74) is 8.98. The molecule has 2 nitrogen and oxygen atoms in total. The Hall–Kier alpha value is -0.740. The van der Waals surface area contributed by atoms with Crippen molar-refractivity contribution in [2.45, 2.75) is 13.0 Å². The summed E-state index contributed by atoms with van der Waals surface area (Å²) < 4.78 is 0.992. The molecule has 0 aliphatic heterocycles. The molecule has 2 aromatic rings. The second-order valence-corrected chi connectivity index (χ2v) is 6.28. The molecule has 1 atom stereocenters. The molecule has 0 heterocycles. The smallest absolute Gasteiger partial charge is 0.0651 e. The summed E-state index contributed by atoms with van der Waals surface area (Å²) in [6.45, 7) is 2.48. The first-order valence-corrected chi connectivity index (χ1v) is 7.74. The highest BCUT2D eigenvalue weighted by atomic mass is 79.9. The van der Waals surface area contributed by atoms with E-state index in [2.05, 4.69) is 27.3 Å². The molecule has 3 N–H and O–H groups in total. The van der Waals surface area contributed by atoms with Gasteiger partial charge in [0.25, 0.3) is 0 Å². The Bertz CT molecular complexity index is 617. The molecular formula is C15H15BrCl2N2. The van der Waals surface area contributed by atoms with E-state index in [-0.39, 0.29) is 6.04 Å². The van der Waals surface area contributed by atoms with Crippen LogP contribution in [0.3, 0.4) is 0 Å². The molecule has 0 fully saturated rings. The fourth-order valence-electron chi connectivity index (χ4n) is 1.99. The van der Waals surface area contributed by atoms with Gasteiger partial charge in [-0.2, -0.15) is 0 Å². The molecule has 0 aliphatic rings. The molecule has 0 saturated heterocycles. The number of benzene rings is 2. The van der Waals surface area contributed by atoms with E-state index in [1.165, 1.54) is 5.56 Å². The normalized spacial score (nSPS) is 12.2. The highest BCUT2D eigenvalue weighted by Crippen LogP contribution is 2.31. The van der Waals surface area contributed by atoms with E-state index >= 15 is 0 Å². The van der Waals surface area contributed by atoms with Crippen molar-refractivity contribution in [3.8, 4) is 0 Å². The van der Waals surface area contributed by atoms with Gasteiger partial charge in [-0.1, -0.05) is 35.3 Å². The number of halogens is 3. The van der Waals surface area contributed by atoms with Crippen LogP contribution in [0.4, 0.5) is 5.69 Å². The number of anilines is 1. The second-order valence-electron chi connectivity index (χ2n) is 4.58.